The van der Waals surface area contributed by atoms with Gasteiger partial charge in [-0.1, -0.05) is 30.3 Å². The zero-order chi connectivity index (χ0) is 15.9. The molecule has 0 unspecified atom stereocenters. The van der Waals surface area contributed by atoms with Crippen LogP contribution in [0.25, 0.3) is 0 Å². The third-order valence-electron chi connectivity index (χ3n) is 3.59. The molecule has 0 radical (unpaired) electrons. The van der Waals surface area contributed by atoms with Crippen molar-refractivity contribution in [3.8, 4) is 5.75 Å². The predicted octanol–water partition coefficient (Wildman–Crippen LogP) is 3.18. The molecule has 1 N–H and O–H groups in total. The van der Waals surface area contributed by atoms with Gasteiger partial charge in [0.05, 0.1) is 0 Å². The number of hydrogen-bond donors (Lipinski definition) is 1. The van der Waals surface area contributed by atoms with Crippen molar-refractivity contribution in [3.05, 3.63) is 65.0 Å². The van der Waals surface area contributed by atoms with Crippen LogP contribution < -0.4 is 10.1 Å². The highest BCUT2D eigenvalue weighted by Crippen LogP contribution is 2.20. The second kappa shape index (κ2) is 7.59. The molecule has 0 aliphatic heterocycles. The summed E-state index contributed by atoms with van der Waals surface area (Å²) in [5.74, 6) is 0.255. The summed E-state index contributed by atoms with van der Waals surface area (Å²) in [6.07, 6.45) is 0.460. The van der Waals surface area contributed by atoms with Crippen LogP contribution >= 0.6 is 0 Å². The first-order valence-electron chi connectivity index (χ1n) is 7.27. The van der Waals surface area contributed by atoms with E-state index in [0.29, 0.717) is 24.3 Å². The Labute approximate surface area is 130 Å². The van der Waals surface area contributed by atoms with E-state index in [1.807, 2.05) is 32.0 Å². The number of hydrogen-bond acceptors (Lipinski definition) is 2. The van der Waals surface area contributed by atoms with Gasteiger partial charge >= 0.3 is 0 Å². The minimum absolute atomic E-state index is 0.0401. The standard InChI is InChI=1S/C18H20FNO2/c1-13-6-5-9-17(14(13)2)22-12-18(21)20-11-10-15-7-3-4-8-16(15)19/h3-9H,10-12H2,1-2H3,(H,20,21). The molecule has 0 aromatic heterocycles. The lowest BCUT2D eigenvalue weighted by molar-refractivity contribution is -0.123. The first-order valence-corrected chi connectivity index (χ1v) is 7.27. The van der Waals surface area contributed by atoms with Crippen molar-refractivity contribution >= 4 is 5.91 Å². The molecule has 0 atom stereocenters. The van der Waals surface area contributed by atoms with Gasteiger partial charge in [0.25, 0.3) is 5.91 Å². The summed E-state index contributed by atoms with van der Waals surface area (Å²) in [5, 5.41) is 2.73. The van der Waals surface area contributed by atoms with Gasteiger partial charge in [0.15, 0.2) is 6.61 Å². The minimum Gasteiger partial charge on any atom is -0.483 e. The lowest BCUT2D eigenvalue weighted by Gasteiger charge is -2.11. The molecule has 2 aromatic rings. The molecule has 0 fully saturated rings. The highest BCUT2D eigenvalue weighted by molar-refractivity contribution is 5.77. The zero-order valence-corrected chi connectivity index (χ0v) is 12.9. The number of amides is 1. The number of carbonyl (C=O) groups is 1. The first-order chi connectivity index (χ1) is 10.6. The first kappa shape index (κ1) is 16.0. The average molecular weight is 301 g/mol. The second-order valence-corrected chi connectivity index (χ2v) is 5.18. The SMILES string of the molecule is Cc1cccc(OCC(=O)NCCc2ccccc2F)c1C. The Hall–Kier alpha value is -2.36. The molecule has 0 saturated heterocycles. The van der Waals surface area contributed by atoms with E-state index in [0.717, 1.165) is 11.1 Å². The maximum Gasteiger partial charge on any atom is 0.257 e. The summed E-state index contributed by atoms with van der Waals surface area (Å²) in [6.45, 7) is 4.30. The zero-order valence-electron chi connectivity index (χ0n) is 12.9. The molecule has 0 aliphatic rings. The van der Waals surface area contributed by atoms with Crippen LogP contribution in [-0.2, 0) is 11.2 Å². The van der Waals surface area contributed by atoms with Crippen LogP contribution in [0.15, 0.2) is 42.5 Å². The number of ether oxygens (including phenoxy) is 1. The summed E-state index contributed by atoms with van der Waals surface area (Å²) < 4.78 is 18.9. The molecule has 1 amide bonds. The van der Waals surface area contributed by atoms with Crippen molar-refractivity contribution in [3.63, 3.8) is 0 Å². The summed E-state index contributed by atoms with van der Waals surface area (Å²) in [7, 11) is 0. The van der Waals surface area contributed by atoms with Gasteiger partial charge in [-0.3, -0.25) is 4.79 Å². The van der Waals surface area contributed by atoms with Gasteiger partial charge in [0, 0.05) is 6.54 Å². The molecule has 3 nitrogen and oxygen atoms in total. The van der Waals surface area contributed by atoms with Gasteiger partial charge in [-0.15, -0.1) is 0 Å². The molecule has 2 rings (SSSR count). The van der Waals surface area contributed by atoms with Crippen LogP contribution in [0, 0.1) is 19.7 Å². The molecule has 0 saturated carbocycles. The Bertz CT molecular complexity index is 655. The molecule has 116 valence electrons. The van der Waals surface area contributed by atoms with Gasteiger partial charge in [-0.05, 0) is 49.1 Å². The van der Waals surface area contributed by atoms with Crippen LogP contribution in [0.1, 0.15) is 16.7 Å². The van der Waals surface area contributed by atoms with E-state index >= 15 is 0 Å². The van der Waals surface area contributed by atoms with Gasteiger partial charge in [0.1, 0.15) is 11.6 Å². The van der Waals surface area contributed by atoms with E-state index < -0.39 is 0 Å². The normalized spacial score (nSPS) is 10.3. The van der Waals surface area contributed by atoms with E-state index in [1.54, 1.807) is 18.2 Å². The Kier molecular flexibility index (Phi) is 5.53. The maximum absolute atomic E-state index is 13.4. The molecular formula is C18H20FNO2. The summed E-state index contributed by atoms with van der Waals surface area (Å²) in [6, 6.07) is 12.3. The number of aryl methyl sites for hydroxylation is 1. The second-order valence-electron chi connectivity index (χ2n) is 5.18. The van der Waals surface area contributed by atoms with Crippen molar-refractivity contribution in [1.29, 1.82) is 0 Å². The molecule has 22 heavy (non-hydrogen) atoms. The fourth-order valence-electron chi connectivity index (χ4n) is 2.11. The van der Waals surface area contributed by atoms with E-state index in [4.69, 9.17) is 4.74 Å². The van der Waals surface area contributed by atoms with Gasteiger partial charge in [-0.2, -0.15) is 0 Å². The van der Waals surface area contributed by atoms with E-state index in [2.05, 4.69) is 5.32 Å². The third kappa shape index (κ3) is 4.32. The molecule has 0 heterocycles. The maximum atomic E-state index is 13.4. The molecule has 0 aliphatic carbocycles. The lowest BCUT2D eigenvalue weighted by Crippen LogP contribution is -2.30. The fourth-order valence-corrected chi connectivity index (χ4v) is 2.11. The number of halogens is 1. The Balaban J connectivity index is 1.77. The average Bonchev–Trinajstić information content (AvgIpc) is 2.51. The van der Waals surface area contributed by atoms with E-state index in [-0.39, 0.29) is 18.3 Å². The minimum atomic E-state index is -0.247. The van der Waals surface area contributed by atoms with E-state index in [1.165, 1.54) is 6.07 Å². The van der Waals surface area contributed by atoms with Crippen LogP contribution in [0.5, 0.6) is 5.75 Å². The van der Waals surface area contributed by atoms with Gasteiger partial charge in [0.2, 0.25) is 0 Å². The number of nitrogens with one attached hydrogen (secondary N) is 1. The smallest absolute Gasteiger partial charge is 0.257 e. The fraction of sp³-hybridized carbons (Fsp3) is 0.278. The summed E-state index contributed by atoms with van der Waals surface area (Å²) >= 11 is 0. The van der Waals surface area contributed by atoms with Crippen molar-refractivity contribution in [2.24, 2.45) is 0 Å². The van der Waals surface area contributed by atoms with Crippen LogP contribution in [0.4, 0.5) is 4.39 Å². The van der Waals surface area contributed by atoms with Crippen molar-refractivity contribution in [2.75, 3.05) is 13.2 Å². The van der Waals surface area contributed by atoms with Crippen LogP contribution in [0.3, 0.4) is 0 Å². The monoisotopic (exact) mass is 301 g/mol. The molecule has 0 spiro atoms. The van der Waals surface area contributed by atoms with Crippen molar-refractivity contribution < 1.29 is 13.9 Å². The predicted molar refractivity (Wildman–Crippen MR) is 84.5 cm³/mol. The number of rotatable bonds is 6. The molecule has 0 bridgehead atoms. The molecule has 4 heteroatoms. The topological polar surface area (TPSA) is 38.3 Å². The number of carbonyl (C=O) groups excluding carboxylic acids is 1. The molecular weight excluding hydrogens is 281 g/mol. The van der Waals surface area contributed by atoms with E-state index in [9.17, 15) is 9.18 Å². The van der Waals surface area contributed by atoms with Crippen LogP contribution in [-0.4, -0.2) is 19.1 Å². The van der Waals surface area contributed by atoms with Crippen LogP contribution in [0.2, 0.25) is 0 Å². The van der Waals surface area contributed by atoms with Gasteiger partial charge in [-0.25, -0.2) is 4.39 Å². The summed E-state index contributed by atoms with van der Waals surface area (Å²) in [5.41, 5.74) is 2.75. The largest absolute Gasteiger partial charge is 0.483 e. The van der Waals surface area contributed by atoms with Gasteiger partial charge < -0.3 is 10.1 Å². The highest BCUT2D eigenvalue weighted by atomic mass is 19.1. The highest BCUT2D eigenvalue weighted by Gasteiger charge is 2.06. The Morgan fingerprint density at radius 2 is 1.91 bits per heavy atom. The molecule has 2 aromatic carbocycles. The number of benzene rings is 2. The Morgan fingerprint density at radius 1 is 1.14 bits per heavy atom. The van der Waals surface area contributed by atoms with Crippen molar-refractivity contribution in [1.82, 2.24) is 5.32 Å². The quantitative estimate of drug-likeness (QED) is 0.890. The Morgan fingerprint density at radius 3 is 2.68 bits per heavy atom. The third-order valence-corrected chi connectivity index (χ3v) is 3.59. The lowest BCUT2D eigenvalue weighted by atomic mass is 10.1. The van der Waals surface area contributed by atoms with Crippen molar-refractivity contribution in [2.45, 2.75) is 20.3 Å². The summed E-state index contributed by atoms with van der Waals surface area (Å²) in [4.78, 5) is 11.8.